The largest absolute Gasteiger partial charge is 0.328 e. The van der Waals surface area contributed by atoms with Crippen LogP contribution in [0.3, 0.4) is 0 Å². The number of amides is 1. The van der Waals surface area contributed by atoms with Crippen molar-refractivity contribution in [2.45, 2.75) is 12.5 Å². The fourth-order valence-corrected chi connectivity index (χ4v) is 4.05. The van der Waals surface area contributed by atoms with E-state index in [4.69, 9.17) is 0 Å². The summed E-state index contributed by atoms with van der Waals surface area (Å²) in [4.78, 5) is 23.6. The highest BCUT2D eigenvalue weighted by atomic mass is 35.5. The number of carbonyl (C=O) groups is 1. The third-order valence-electron chi connectivity index (χ3n) is 4.64. The Labute approximate surface area is 185 Å². The van der Waals surface area contributed by atoms with E-state index in [0.717, 1.165) is 17.1 Å². The van der Waals surface area contributed by atoms with Crippen LogP contribution in [0, 0.1) is 5.82 Å². The minimum atomic E-state index is -0.251. The van der Waals surface area contributed by atoms with E-state index in [9.17, 15) is 9.18 Å². The smallest absolute Gasteiger partial charge is 0.273 e. The molecule has 0 saturated carbocycles. The van der Waals surface area contributed by atoms with Gasteiger partial charge in [0, 0.05) is 43.8 Å². The molecule has 0 bridgehead atoms. The van der Waals surface area contributed by atoms with Crippen LogP contribution in [-0.4, -0.2) is 40.4 Å². The topological polar surface area (TPSA) is 58.1 Å². The van der Waals surface area contributed by atoms with Gasteiger partial charge in [-0.2, -0.15) is 0 Å². The Hall–Kier alpha value is -2.06. The van der Waals surface area contributed by atoms with Crippen LogP contribution < -0.4 is 5.32 Å². The van der Waals surface area contributed by atoms with E-state index in [1.54, 1.807) is 36.0 Å². The summed E-state index contributed by atoms with van der Waals surface area (Å²) >= 11 is 1.39. The highest BCUT2D eigenvalue weighted by Crippen LogP contribution is 2.25. The van der Waals surface area contributed by atoms with E-state index in [-0.39, 0.29) is 42.6 Å². The zero-order chi connectivity index (χ0) is 18.6. The Bertz CT molecular complexity index is 941. The lowest BCUT2D eigenvalue weighted by Gasteiger charge is -2.36. The number of carbonyl (C=O) groups excluding carboxylic acids is 1. The summed E-state index contributed by atoms with van der Waals surface area (Å²) in [6.07, 6.45) is 3.90. The molecule has 3 heterocycles. The van der Waals surface area contributed by atoms with Gasteiger partial charge in [-0.3, -0.25) is 9.78 Å². The lowest BCUT2D eigenvalue weighted by atomic mass is 10.0. The lowest BCUT2D eigenvalue weighted by molar-refractivity contribution is 0.0628. The van der Waals surface area contributed by atoms with Gasteiger partial charge in [0.1, 0.15) is 11.5 Å². The molecule has 1 amide bonds. The van der Waals surface area contributed by atoms with Crippen molar-refractivity contribution in [3.05, 3.63) is 81.8 Å². The summed E-state index contributed by atoms with van der Waals surface area (Å²) in [7, 11) is 0. The van der Waals surface area contributed by atoms with Gasteiger partial charge in [-0.1, -0.05) is 24.3 Å². The molecule has 4 rings (SSSR count). The quantitative estimate of drug-likeness (QED) is 0.649. The van der Waals surface area contributed by atoms with Crippen LogP contribution in [0.2, 0.25) is 0 Å². The van der Waals surface area contributed by atoms with Gasteiger partial charge in [0.2, 0.25) is 0 Å². The third kappa shape index (κ3) is 5.30. The molecule has 1 unspecified atom stereocenters. The van der Waals surface area contributed by atoms with Crippen LogP contribution in [-0.2, 0) is 6.42 Å². The SMILES string of the molecule is Cl.Cl.O=C(c1csc(Cc2ccccc2F)n1)N1CCNCC1c1cccnc1. The second-order valence-electron chi connectivity index (χ2n) is 6.40. The Morgan fingerprint density at radius 1 is 1.24 bits per heavy atom. The fourth-order valence-electron chi connectivity index (χ4n) is 3.26. The minimum absolute atomic E-state index is 0. The van der Waals surface area contributed by atoms with Gasteiger partial charge >= 0.3 is 0 Å². The molecule has 0 spiro atoms. The maximum Gasteiger partial charge on any atom is 0.273 e. The molecule has 1 aliphatic heterocycles. The van der Waals surface area contributed by atoms with Crippen molar-refractivity contribution < 1.29 is 9.18 Å². The predicted octanol–water partition coefficient (Wildman–Crippen LogP) is 3.90. The number of nitrogens with one attached hydrogen (secondary N) is 1. The Morgan fingerprint density at radius 2 is 2.07 bits per heavy atom. The molecule has 5 nitrogen and oxygen atoms in total. The number of nitrogens with zero attached hydrogens (tertiary/aromatic N) is 3. The van der Waals surface area contributed by atoms with Crippen LogP contribution in [0.1, 0.15) is 32.7 Å². The predicted molar refractivity (Wildman–Crippen MR) is 117 cm³/mol. The van der Waals surface area contributed by atoms with Crippen molar-refractivity contribution in [1.29, 1.82) is 0 Å². The van der Waals surface area contributed by atoms with E-state index < -0.39 is 0 Å². The molecule has 29 heavy (non-hydrogen) atoms. The molecule has 0 radical (unpaired) electrons. The van der Waals surface area contributed by atoms with Gasteiger partial charge in [0.15, 0.2) is 0 Å². The highest BCUT2D eigenvalue weighted by molar-refractivity contribution is 7.09. The van der Waals surface area contributed by atoms with E-state index >= 15 is 0 Å². The van der Waals surface area contributed by atoms with E-state index in [1.807, 2.05) is 17.0 Å². The summed E-state index contributed by atoms with van der Waals surface area (Å²) in [5.74, 6) is -0.347. The Balaban J connectivity index is 0.00000150. The number of pyridine rings is 1. The molecule has 1 fully saturated rings. The summed E-state index contributed by atoms with van der Waals surface area (Å²) < 4.78 is 13.9. The maximum absolute atomic E-state index is 13.9. The first-order valence-corrected chi connectivity index (χ1v) is 9.70. The first-order chi connectivity index (χ1) is 13.2. The molecule has 9 heteroatoms. The fraction of sp³-hybridized carbons (Fsp3) is 0.250. The Kier molecular flexibility index (Phi) is 8.52. The van der Waals surface area contributed by atoms with Gasteiger partial charge in [0.05, 0.1) is 11.0 Å². The number of halogens is 3. The van der Waals surface area contributed by atoms with E-state index in [1.165, 1.54) is 17.4 Å². The zero-order valence-corrected chi connectivity index (χ0v) is 17.9. The number of thiazole rings is 1. The molecule has 0 aliphatic carbocycles. The van der Waals surface area contributed by atoms with Gasteiger partial charge in [-0.25, -0.2) is 9.37 Å². The summed E-state index contributed by atoms with van der Waals surface area (Å²) in [6, 6.07) is 10.4. The number of hydrogen-bond donors (Lipinski definition) is 1. The second-order valence-corrected chi connectivity index (χ2v) is 7.34. The summed E-state index contributed by atoms with van der Waals surface area (Å²) in [6.45, 7) is 2.04. The average Bonchev–Trinajstić information content (AvgIpc) is 3.18. The molecule has 1 N–H and O–H groups in total. The van der Waals surface area contributed by atoms with Crippen LogP contribution >= 0.6 is 36.2 Å². The van der Waals surface area contributed by atoms with Gasteiger partial charge in [-0.05, 0) is 23.3 Å². The number of rotatable bonds is 4. The molecular weight excluding hydrogens is 434 g/mol. The number of piperazine rings is 1. The van der Waals surface area contributed by atoms with Gasteiger partial charge < -0.3 is 10.2 Å². The first kappa shape index (κ1) is 23.2. The highest BCUT2D eigenvalue weighted by Gasteiger charge is 2.30. The summed E-state index contributed by atoms with van der Waals surface area (Å²) in [5, 5.41) is 5.83. The normalized spacial score (nSPS) is 15.9. The van der Waals surface area contributed by atoms with Crippen LogP contribution in [0.15, 0.2) is 54.2 Å². The molecule has 1 aromatic carbocycles. The molecule has 3 aromatic rings. The van der Waals surface area contributed by atoms with Crippen LogP contribution in [0.25, 0.3) is 0 Å². The number of hydrogen-bond acceptors (Lipinski definition) is 5. The average molecular weight is 455 g/mol. The van der Waals surface area contributed by atoms with Crippen LogP contribution in [0.4, 0.5) is 4.39 Å². The van der Waals surface area contributed by atoms with Crippen molar-refractivity contribution in [1.82, 2.24) is 20.2 Å². The van der Waals surface area contributed by atoms with Crippen molar-refractivity contribution in [2.24, 2.45) is 0 Å². The minimum Gasteiger partial charge on any atom is -0.328 e. The lowest BCUT2D eigenvalue weighted by Crippen LogP contribution is -2.48. The van der Waals surface area contributed by atoms with E-state index in [2.05, 4.69) is 15.3 Å². The van der Waals surface area contributed by atoms with Crippen molar-refractivity contribution >= 4 is 42.1 Å². The molecule has 1 saturated heterocycles. The molecule has 154 valence electrons. The molecule has 1 aliphatic rings. The number of benzene rings is 1. The second kappa shape index (κ2) is 10.6. The first-order valence-electron chi connectivity index (χ1n) is 8.82. The van der Waals surface area contributed by atoms with Crippen molar-refractivity contribution in [3.8, 4) is 0 Å². The molecule has 1 atom stereocenters. The van der Waals surface area contributed by atoms with Crippen LogP contribution in [0.5, 0.6) is 0 Å². The number of aromatic nitrogens is 2. The molecular formula is C20H21Cl2FN4OS. The van der Waals surface area contributed by atoms with Crippen molar-refractivity contribution in [3.63, 3.8) is 0 Å². The van der Waals surface area contributed by atoms with Gasteiger partial charge in [-0.15, -0.1) is 36.2 Å². The third-order valence-corrected chi connectivity index (χ3v) is 5.49. The Morgan fingerprint density at radius 3 is 2.83 bits per heavy atom. The zero-order valence-electron chi connectivity index (χ0n) is 15.5. The summed E-state index contributed by atoms with van der Waals surface area (Å²) in [5.41, 5.74) is 2.00. The van der Waals surface area contributed by atoms with Crippen molar-refractivity contribution in [2.75, 3.05) is 19.6 Å². The van der Waals surface area contributed by atoms with Gasteiger partial charge in [0.25, 0.3) is 5.91 Å². The maximum atomic E-state index is 13.9. The molecule has 2 aromatic heterocycles. The van der Waals surface area contributed by atoms with E-state index in [0.29, 0.717) is 30.8 Å². The monoisotopic (exact) mass is 454 g/mol. The standard InChI is InChI=1S/C20H19FN4OS.2ClH/c21-16-6-2-1-4-14(16)10-19-24-17(13-27-19)20(26)25-9-8-23-12-18(25)15-5-3-7-22-11-15;;/h1-7,11,13,18,23H,8-10,12H2;2*1H.